The van der Waals surface area contributed by atoms with Gasteiger partial charge >= 0.3 is 0 Å². The molecule has 2 aromatic rings. The molecule has 0 atom stereocenters. The van der Waals surface area contributed by atoms with Gasteiger partial charge in [-0.15, -0.1) is 0 Å². The van der Waals surface area contributed by atoms with E-state index in [4.69, 9.17) is 0 Å². The summed E-state index contributed by atoms with van der Waals surface area (Å²) in [5.41, 5.74) is 4.30. The van der Waals surface area contributed by atoms with Crippen molar-refractivity contribution in [3.63, 3.8) is 0 Å². The van der Waals surface area contributed by atoms with E-state index in [1.54, 1.807) is 13.3 Å². The summed E-state index contributed by atoms with van der Waals surface area (Å²) in [5.74, 6) is 0. The number of rotatable bonds is 4. The summed E-state index contributed by atoms with van der Waals surface area (Å²) in [6.45, 7) is 3.83. The van der Waals surface area contributed by atoms with Crippen LogP contribution in [0.4, 0.5) is 0 Å². The van der Waals surface area contributed by atoms with Crippen LogP contribution in [0.15, 0.2) is 72.5 Å². The van der Waals surface area contributed by atoms with Crippen molar-refractivity contribution < 1.29 is 0 Å². The minimum atomic E-state index is 1.01. The van der Waals surface area contributed by atoms with Crippen molar-refractivity contribution in [2.45, 2.75) is 0 Å². The van der Waals surface area contributed by atoms with E-state index in [1.807, 2.05) is 42.7 Å². The van der Waals surface area contributed by atoms with Crippen molar-refractivity contribution in [2.75, 3.05) is 7.05 Å². The van der Waals surface area contributed by atoms with Gasteiger partial charge in [0, 0.05) is 36.8 Å². The van der Waals surface area contributed by atoms with Gasteiger partial charge in [-0.3, -0.25) is 9.98 Å². The third-order valence-corrected chi connectivity index (χ3v) is 2.80. The average molecular weight is 248 g/mol. The molecule has 0 aliphatic carbocycles. The molecule has 94 valence electrons. The monoisotopic (exact) mass is 248 g/mol. The van der Waals surface area contributed by atoms with E-state index in [0.717, 1.165) is 22.3 Å². The van der Waals surface area contributed by atoms with Crippen LogP contribution in [0.25, 0.3) is 16.7 Å². The van der Waals surface area contributed by atoms with Crippen LogP contribution in [0.2, 0.25) is 0 Å². The van der Waals surface area contributed by atoms with Crippen LogP contribution >= 0.6 is 0 Å². The Balaban J connectivity index is 2.42. The van der Waals surface area contributed by atoms with Gasteiger partial charge in [0.15, 0.2) is 0 Å². The minimum Gasteiger partial charge on any atom is -0.296 e. The number of hydrogen-bond acceptors (Lipinski definition) is 2. The first-order valence-corrected chi connectivity index (χ1v) is 6.11. The molecule has 0 bridgehead atoms. The van der Waals surface area contributed by atoms with E-state index >= 15 is 0 Å². The number of benzene rings is 1. The van der Waals surface area contributed by atoms with E-state index in [2.05, 4.69) is 34.8 Å². The maximum Gasteiger partial charge on any atom is 0.0346 e. The third-order valence-electron chi connectivity index (χ3n) is 2.80. The molecule has 2 rings (SSSR count). The topological polar surface area (TPSA) is 25.2 Å². The Kier molecular flexibility index (Phi) is 4.40. The minimum absolute atomic E-state index is 1.01. The van der Waals surface area contributed by atoms with Gasteiger partial charge in [-0.05, 0) is 23.3 Å². The Hall–Kier alpha value is -2.48. The summed E-state index contributed by atoms with van der Waals surface area (Å²) >= 11 is 0. The number of aromatic nitrogens is 1. The fraction of sp³-hybridized carbons (Fsp3) is 0.0588. The van der Waals surface area contributed by atoms with Crippen LogP contribution in [0.1, 0.15) is 5.56 Å². The van der Waals surface area contributed by atoms with Crippen LogP contribution in [0.3, 0.4) is 0 Å². The first kappa shape index (κ1) is 13.0. The lowest BCUT2D eigenvalue weighted by Crippen LogP contribution is -1.87. The first-order valence-electron chi connectivity index (χ1n) is 6.11. The second kappa shape index (κ2) is 6.45. The number of pyridine rings is 1. The van der Waals surface area contributed by atoms with Crippen molar-refractivity contribution in [1.82, 2.24) is 4.98 Å². The lowest BCUT2D eigenvalue weighted by molar-refractivity contribution is 1.31. The van der Waals surface area contributed by atoms with Gasteiger partial charge in [0.05, 0.1) is 0 Å². The average Bonchev–Trinajstić information content (AvgIpc) is 2.49. The van der Waals surface area contributed by atoms with E-state index in [0.29, 0.717) is 0 Å². The number of aliphatic imine (C=N–C) groups is 1. The van der Waals surface area contributed by atoms with E-state index < -0.39 is 0 Å². The Morgan fingerprint density at radius 1 is 1.16 bits per heavy atom. The van der Waals surface area contributed by atoms with Crippen LogP contribution < -0.4 is 0 Å². The molecule has 0 spiro atoms. The summed E-state index contributed by atoms with van der Waals surface area (Å²) in [5, 5.41) is 0. The van der Waals surface area contributed by atoms with Crippen molar-refractivity contribution in [3.05, 3.63) is 73.1 Å². The zero-order chi connectivity index (χ0) is 13.5. The number of hydrogen-bond donors (Lipinski definition) is 0. The molecule has 0 saturated heterocycles. The Morgan fingerprint density at radius 3 is 2.63 bits per heavy atom. The summed E-state index contributed by atoms with van der Waals surface area (Å²) in [7, 11) is 1.75. The molecule has 1 aromatic carbocycles. The molecule has 0 aliphatic heterocycles. The molecule has 19 heavy (non-hydrogen) atoms. The molecule has 0 saturated carbocycles. The Bertz CT molecular complexity index is 610. The highest BCUT2D eigenvalue weighted by molar-refractivity contribution is 5.88. The zero-order valence-electron chi connectivity index (χ0n) is 11.0. The summed E-state index contributed by atoms with van der Waals surface area (Å²) in [6.07, 6.45) is 9.20. The predicted octanol–water partition coefficient (Wildman–Crippen LogP) is 4.02. The molecular weight excluding hydrogens is 232 g/mol. The van der Waals surface area contributed by atoms with Crippen molar-refractivity contribution in [2.24, 2.45) is 4.99 Å². The van der Waals surface area contributed by atoms with E-state index in [-0.39, 0.29) is 0 Å². The maximum absolute atomic E-state index is 4.30. The molecule has 0 N–H and O–H groups in total. The van der Waals surface area contributed by atoms with Crippen LogP contribution in [0.5, 0.6) is 0 Å². The molecule has 2 heteroatoms. The third kappa shape index (κ3) is 3.26. The molecule has 0 unspecified atom stereocenters. The molecule has 0 radical (unpaired) electrons. The van der Waals surface area contributed by atoms with Crippen LogP contribution in [-0.2, 0) is 0 Å². The summed E-state index contributed by atoms with van der Waals surface area (Å²) < 4.78 is 0. The van der Waals surface area contributed by atoms with Gasteiger partial charge < -0.3 is 0 Å². The van der Waals surface area contributed by atoms with Crippen LogP contribution in [0, 0.1) is 0 Å². The number of nitrogens with zero attached hydrogens (tertiary/aromatic N) is 2. The standard InChI is InChI=1S/C17H16N2/c1-3-14(9-10-18-2)16-11-17(13-19-12-16)15-7-5-4-6-8-15/h3-13H,1H2,2H3/b14-9+,18-10?. The summed E-state index contributed by atoms with van der Waals surface area (Å²) in [4.78, 5) is 8.26. The lowest BCUT2D eigenvalue weighted by Gasteiger charge is -2.05. The fourth-order valence-electron chi connectivity index (χ4n) is 1.82. The molecule has 2 nitrogen and oxygen atoms in total. The second-order valence-corrected chi connectivity index (χ2v) is 4.06. The van der Waals surface area contributed by atoms with Gasteiger partial charge in [-0.25, -0.2) is 0 Å². The predicted molar refractivity (Wildman–Crippen MR) is 82.3 cm³/mol. The molecule has 0 fully saturated rings. The smallest absolute Gasteiger partial charge is 0.0346 e. The first-order chi connectivity index (χ1) is 9.35. The fourth-order valence-corrected chi connectivity index (χ4v) is 1.82. The Morgan fingerprint density at radius 2 is 1.95 bits per heavy atom. The van der Waals surface area contributed by atoms with Gasteiger partial charge in [0.1, 0.15) is 0 Å². The normalized spacial score (nSPS) is 11.7. The van der Waals surface area contributed by atoms with E-state index in [1.165, 1.54) is 0 Å². The van der Waals surface area contributed by atoms with Gasteiger partial charge in [0.2, 0.25) is 0 Å². The Labute approximate surface area is 113 Å². The maximum atomic E-state index is 4.30. The zero-order valence-corrected chi connectivity index (χ0v) is 11.0. The van der Waals surface area contributed by atoms with Crippen molar-refractivity contribution >= 4 is 11.8 Å². The highest BCUT2D eigenvalue weighted by Gasteiger charge is 2.01. The highest BCUT2D eigenvalue weighted by atomic mass is 14.6. The molecule has 0 amide bonds. The van der Waals surface area contributed by atoms with Gasteiger partial charge in [-0.1, -0.05) is 43.0 Å². The molecular formula is C17H16N2. The number of allylic oxidation sites excluding steroid dienone is 3. The second-order valence-electron chi connectivity index (χ2n) is 4.06. The lowest BCUT2D eigenvalue weighted by atomic mass is 10.0. The largest absolute Gasteiger partial charge is 0.296 e. The van der Waals surface area contributed by atoms with Crippen LogP contribution in [-0.4, -0.2) is 18.2 Å². The van der Waals surface area contributed by atoms with Crippen molar-refractivity contribution in [1.29, 1.82) is 0 Å². The molecule has 0 aliphatic rings. The molecule has 1 aromatic heterocycles. The highest BCUT2D eigenvalue weighted by Crippen LogP contribution is 2.22. The quantitative estimate of drug-likeness (QED) is 0.592. The van der Waals surface area contributed by atoms with Gasteiger partial charge in [-0.2, -0.15) is 0 Å². The van der Waals surface area contributed by atoms with Crippen molar-refractivity contribution in [3.8, 4) is 11.1 Å². The van der Waals surface area contributed by atoms with E-state index in [9.17, 15) is 0 Å². The summed E-state index contributed by atoms with van der Waals surface area (Å²) in [6, 6.07) is 12.3. The van der Waals surface area contributed by atoms with Gasteiger partial charge in [0.25, 0.3) is 0 Å². The SMILES string of the molecule is C=C/C(=C\C=NC)c1cncc(-c2ccccc2)c1. The molecule has 1 heterocycles.